The van der Waals surface area contributed by atoms with Crippen LogP contribution in [0.3, 0.4) is 0 Å². The van der Waals surface area contributed by atoms with Crippen LogP contribution in [0, 0.1) is 0 Å². The Labute approximate surface area is 109 Å². The minimum Gasteiger partial charge on any atom is -0.496 e. The van der Waals surface area contributed by atoms with Gasteiger partial charge in [-0.05, 0) is 19.1 Å². The lowest BCUT2D eigenvalue weighted by molar-refractivity contribution is 0.303. The van der Waals surface area contributed by atoms with E-state index in [1.54, 1.807) is 13.2 Å². The normalized spacial score (nSPS) is 12.0. The SMILES string of the molecule is C=CCN(CCO)c1cccc(OC)c1C(C)N. The Kier molecular flexibility index (Phi) is 5.68. The molecule has 0 radical (unpaired) electrons. The maximum absolute atomic E-state index is 9.14. The summed E-state index contributed by atoms with van der Waals surface area (Å²) in [4.78, 5) is 2.04. The van der Waals surface area contributed by atoms with E-state index < -0.39 is 0 Å². The van der Waals surface area contributed by atoms with Gasteiger partial charge in [-0.3, -0.25) is 0 Å². The first kappa shape index (κ1) is 14.5. The highest BCUT2D eigenvalue weighted by atomic mass is 16.5. The molecule has 0 aliphatic heterocycles. The molecule has 3 N–H and O–H groups in total. The maximum atomic E-state index is 9.14. The molecule has 4 heteroatoms. The van der Waals surface area contributed by atoms with Gasteiger partial charge in [0.05, 0.1) is 13.7 Å². The molecule has 1 unspecified atom stereocenters. The Morgan fingerprint density at radius 2 is 2.28 bits per heavy atom. The Morgan fingerprint density at radius 3 is 2.78 bits per heavy atom. The average Bonchev–Trinajstić information content (AvgIpc) is 2.37. The second-order valence-corrected chi connectivity index (χ2v) is 4.14. The summed E-state index contributed by atoms with van der Waals surface area (Å²) < 4.78 is 5.36. The molecule has 4 nitrogen and oxygen atoms in total. The van der Waals surface area contributed by atoms with Crippen LogP contribution in [-0.2, 0) is 0 Å². The van der Waals surface area contributed by atoms with Gasteiger partial charge in [-0.25, -0.2) is 0 Å². The van der Waals surface area contributed by atoms with Gasteiger partial charge in [0.25, 0.3) is 0 Å². The second kappa shape index (κ2) is 7.03. The standard InChI is InChI=1S/C14H22N2O2/c1-4-8-16(9-10-17)12-6-5-7-13(18-3)14(12)11(2)15/h4-7,11,17H,1,8-10,15H2,2-3H3. The highest BCUT2D eigenvalue weighted by molar-refractivity contribution is 5.61. The molecule has 18 heavy (non-hydrogen) atoms. The highest BCUT2D eigenvalue weighted by Crippen LogP contribution is 2.33. The van der Waals surface area contributed by atoms with Gasteiger partial charge in [-0.2, -0.15) is 0 Å². The van der Waals surface area contributed by atoms with Crippen LogP contribution in [0.15, 0.2) is 30.9 Å². The molecule has 0 heterocycles. The number of aliphatic hydroxyl groups excluding tert-OH is 1. The van der Waals surface area contributed by atoms with Gasteiger partial charge in [-0.15, -0.1) is 6.58 Å². The minimum absolute atomic E-state index is 0.0867. The summed E-state index contributed by atoms with van der Waals surface area (Å²) >= 11 is 0. The molecule has 0 aliphatic rings. The fraction of sp³-hybridized carbons (Fsp3) is 0.429. The van der Waals surface area contributed by atoms with Crippen molar-refractivity contribution in [3.05, 3.63) is 36.4 Å². The molecule has 0 fully saturated rings. The molecule has 1 aromatic carbocycles. The zero-order valence-corrected chi connectivity index (χ0v) is 11.1. The molecule has 1 rings (SSSR count). The third-order valence-electron chi connectivity index (χ3n) is 2.78. The fourth-order valence-electron chi connectivity index (χ4n) is 2.03. The monoisotopic (exact) mass is 250 g/mol. The van der Waals surface area contributed by atoms with Crippen LogP contribution in [0.25, 0.3) is 0 Å². The van der Waals surface area contributed by atoms with Gasteiger partial charge < -0.3 is 20.5 Å². The summed E-state index contributed by atoms with van der Waals surface area (Å²) in [7, 11) is 1.63. The number of methoxy groups -OCH3 is 1. The number of anilines is 1. The van der Waals surface area contributed by atoms with Crippen molar-refractivity contribution in [2.75, 3.05) is 31.7 Å². The summed E-state index contributed by atoms with van der Waals surface area (Å²) in [6.07, 6.45) is 1.81. The number of aliphatic hydroxyl groups is 1. The first-order valence-corrected chi connectivity index (χ1v) is 6.04. The van der Waals surface area contributed by atoms with Crippen LogP contribution in [0.2, 0.25) is 0 Å². The Bertz CT molecular complexity index is 391. The van der Waals surface area contributed by atoms with Gasteiger partial charge in [0.2, 0.25) is 0 Å². The Morgan fingerprint density at radius 1 is 1.56 bits per heavy atom. The lowest BCUT2D eigenvalue weighted by atomic mass is 10.0. The predicted octanol–water partition coefficient (Wildman–Crippen LogP) is 1.70. The van der Waals surface area contributed by atoms with Crippen LogP contribution in [0.5, 0.6) is 5.75 Å². The molecular formula is C14H22N2O2. The van der Waals surface area contributed by atoms with E-state index in [1.807, 2.05) is 30.0 Å². The van der Waals surface area contributed by atoms with Crippen molar-refractivity contribution < 1.29 is 9.84 Å². The summed E-state index contributed by atoms with van der Waals surface area (Å²) in [6, 6.07) is 5.67. The molecule has 100 valence electrons. The van der Waals surface area contributed by atoms with E-state index in [2.05, 4.69) is 6.58 Å². The molecule has 0 amide bonds. The number of nitrogens with two attached hydrogens (primary N) is 1. The molecule has 0 spiro atoms. The number of benzene rings is 1. The van der Waals surface area contributed by atoms with E-state index in [9.17, 15) is 0 Å². The van der Waals surface area contributed by atoms with Gasteiger partial charge >= 0.3 is 0 Å². The highest BCUT2D eigenvalue weighted by Gasteiger charge is 2.16. The second-order valence-electron chi connectivity index (χ2n) is 4.14. The zero-order chi connectivity index (χ0) is 13.5. The molecular weight excluding hydrogens is 228 g/mol. The third-order valence-corrected chi connectivity index (χ3v) is 2.78. The van der Waals surface area contributed by atoms with E-state index in [0.29, 0.717) is 13.1 Å². The molecule has 0 bridgehead atoms. The smallest absolute Gasteiger partial charge is 0.125 e. The molecule has 0 saturated carbocycles. The van der Waals surface area contributed by atoms with Gasteiger partial charge in [0.1, 0.15) is 5.75 Å². The number of nitrogens with zero attached hydrogens (tertiary/aromatic N) is 1. The van der Waals surface area contributed by atoms with Crippen LogP contribution in [-0.4, -0.2) is 31.9 Å². The summed E-state index contributed by atoms with van der Waals surface area (Å²) in [5.41, 5.74) is 7.96. The van der Waals surface area contributed by atoms with Gasteiger partial charge in [0, 0.05) is 30.4 Å². The lowest BCUT2D eigenvalue weighted by Gasteiger charge is -2.27. The number of ether oxygens (including phenoxy) is 1. The quantitative estimate of drug-likeness (QED) is 0.723. The molecule has 1 atom stereocenters. The minimum atomic E-state index is -0.137. The van der Waals surface area contributed by atoms with Crippen molar-refractivity contribution in [3.63, 3.8) is 0 Å². The fourth-order valence-corrected chi connectivity index (χ4v) is 2.03. The molecule has 1 aromatic rings. The van der Waals surface area contributed by atoms with E-state index in [4.69, 9.17) is 15.6 Å². The van der Waals surface area contributed by atoms with Crippen molar-refractivity contribution >= 4 is 5.69 Å². The van der Waals surface area contributed by atoms with Crippen LogP contribution in [0.1, 0.15) is 18.5 Å². The molecule has 0 aliphatic carbocycles. The summed E-state index contributed by atoms with van der Waals surface area (Å²) in [5, 5.41) is 9.14. The van der Waals surface area contributed by atoms with Crippen molar-refractivity contribution in [1.82, 2.24) is 0 Å². The van der Waals surface area contributed by atoms with Crippen LogP contribution >= 0.6 is 0 Å². The summed E-state index contributed by atoms with van der Waals surface area (Å²) in [5.74, 6) is 0.773. The summed E-state index contributed by atoms with van der Waals surface area (Å²) in [6.45, 7) is 6.95. The van der Waals surface area contributed by atoms with E-state index in [1.165, 1.54) is 0 Å². The topological polar surface area (TPSA) is 58.7 Å². The maximum Gasteiger partial charge on any atom is 0.125 e. The number of hydrogen-bond donors (Lipinski definition) is 2. The van der Waals surface area contributed by atoms with Crippen molar-refractivity contribution in [2.24, 2.45) is 5.73 Å². The Balaban J connectivity index is 3.22. The first-order valence-electron chi connectivity index (χ1n) is 6.04. The largest absolute Gasteiger partial charge is 0.496 e. The Hall–Kier alpha value is -1.52. The van der Waals surface area contributed by atoms with Gasteiger partial charge in [-0.1, -0.05) is 12.1 Å². The molecule has 0 aromatic heterocycles. The number of rotatable bonds is 7. The number of hydrogen-bond acceptors (Lipinski definition) is 4. The lowest BCUT2D eigenvalue weighted by Crippen LogP contribution is -2.28. The van der Waals surface area contributed by atoms with E-state index in [-0.39, 0.29) is 12.6 Å². The van der Waals surface area contributed by atoms with Gasteiger partial charge in [0.15, 0.2) is 0 Å². The van der Waals surface area contributed by atoms with Crippen molar-refractivity contribution in [3.8, 4) is 5.75 Å². The zero-order valence-electron chi connectivity index (χ0n) is 11.1. The first-order chi connectivity index (χ1) is 8.65. The average molecular weight is 250 g/mol. The van der Waals surface area contributed by atoms with Crippen LogP contribution < -0.4 is 15.4 Å². The predicted molar refractivity (Wildman–Crippen MR) is 75.1 cm³/mol. The van der Waals surface area contributed by atoms with E-state index in [0.717, 1.165) is 17.0 Å². The molecule has 0 saturated heterocycles. The van der Waals surface area contributed by atoms with Crippen molar-refractivity contribution in [1.29, 1.82) is 0 Å². The van der Waals surface area contributed by atoms with Crippen molar-refractivity contribution in [2.45, 2.75) is 13.0 Å². The van der Waals surface area contributed by atoms with Crippen LogP contribution in [0.4, 0.5) is 5.69 Å². The third kappa shape index (κ3) is 3.24. The van der Waals surface area contributed by atoms with E-state index >= 15 is 0 Å².